The zero-order chi connectivity index (χ0) is 26.6. The van der Waals surface area contributed by atoms with Gasteiger partial charge in [-0.15, -0.1) is 0 Å². The highest BCUT2D eigenvalue weighted by Crippen LogP contribution is 2.44. The van der Waals surface area contributed by atoms with Crippen LogP contribution in [0.15, 0.2) is 42.0 Å². The maximum Gasteiger partial charge on any atom is 0.295 e. The van der Waals surface area contributed by atoms with Gasteiger partial charge in [0.15, 0.2) is 11.5 Å². The molecule has 2 saturated heterocycles. The smallest absolute Gasteiger partial charge is 0.295 e. The maximum absolute atomic E-state index is 13.5. The molecule has 0 aliphatic carbocycles. The Morgan fingerprint density at radius 3 is 2.45 bits per heavy atom. The predicted molar refractivity (Wildman–Crippen MR) is 138 cm³/mol. The number of ketones is 1. The van der Waals surface area contributed by atoms with E-state index < -0.39 is 17.7 Å². The molecule has 10 nitrogen and oxygen atoms in total. The molecule has 3 heterocycles. The summed E-state index contributed by atoms with van der Waals surface area (Å²) >= 11 is 0. The molecule has 5 rings (SSSR count). The largest absolute Gasteiger partial charge is 0.507 e. The minimum Gasteiger partial charge on any atom is -0.507 e. The van der Waals surface area contributed by atoms with E-state index in [1.54, 1.807) is 43.5 Å². The zero-order valence-electron chi connectivity index (χ0n) is 21.6. The number of hydrogen-bond donors (Lipinski definition) is 1. The second kappa shape index (κ2) is 11.3. The monoisotopic (exact) mass is 524 g/mol. The lowest BCUT2D eigenvalue weighted by Crippen LogP contribution is -2.39. The molecule has 2 fully saturated rings. The van der Waals surface area contributed by atoms with Gasteiger partial charge in [0.05, 0.1) is 39.0 Å². The summed E-state index contributed by atoms with van der Waals surface area (Å²) in [6, 6.07) is 9.30. The third-order valence-corrected chi connectivity index (χ3v) is 7.06. The number of aliphatic hydroxyl groups is 1. The summed E-state index contributed by atoms with van der Waals surface area (Å²) in [5.41, 5.74) is 0.897. The van der Waals surface area contributed by atoms with E-state index in [9.17, 15) is 14.7 Å². The average Bonchev–Trinajstić information content (AvgIpc) is 3.21. The summed E-state index contributed by atoms with van der Waals surface area (Å²) in [5.74, 6) is 0.339. The minimum atomic E-state index is -0.863. The fraction of sp³-hybridized carbons (Fsp3) is 0.429. The number of Topliss-reactive ketones (excluding diaryl/α,β-unsaturated/α-hetero) is 1. The number of nitrogens with zero attached hydrogens (tertiary/aromatic N) is 2. The molecule has 2 aromatic rings. The van der Waals surface area contributed by atoms with E-state index in [-0.39, 0.29) is 11.3 Å². The van der Waals surface area contributed by atoms with Crippen molar-refractivity contribution >= 4 is 17.4 Å². The summed E-state index contributed by atoms with van der Waals surface area (Å²) in [4.78, 5) is 30.6. The highest BCUT2D eigenvalue weighted by atomic mass is 16.6. The van der Waals surface area contributed by atoms with E-state index in [1.165, 1.54) is 12.0 Å². The standard InChI is InChI=1S/C28H32N2O8/c1-34-19-5-7-21(35-2)20(17-19)25-24(26(31)18-4-6-22-23(16-18)38-15-14-37-22)27(32)28(33)30(25)9-3-8-29-10-12-36-13-11-29/h4-7,16-17,25,31H,3,8-15H2,1-2H3/b26-24+. The van der Waals surface area contributed by atoms with Crippen molar-refractivity contribution in [2.45, 2.75) is 12.5 Å². The van der Waals surface area contributed by atoms with Crippen LogP contribution in [0.3, 0.4) is 0 Å². The predicted octanol–water partition coefficient (Wildman–Crippen LogP) is 2.62. The summed E-state index contributed by atoms with van der Waals surface area (Å²) in [6.07, 6.45) is 0.653. The molecule has 3 aliphatic heterocycles. The molecule has 202 valence electrons. The van der Waals surface area contributed by atoms with Crippen molar-refractivity contribution in [3.63, 3.8) is 0 Å². The Morgan fingerprint density at radius 1 is 0.947 bits per heavy atom. The van der Waals surface area contributed by atoms with Crippen molar-refractivity contribution < 1.29 is 38.4 Å². The Morgan fingerprint density at radius 2 is 1.71 bits per heavy atom. The first-order chi connectivity index (χ1) is 18.5. The number of ether oxygens (including phenoxy) is 5. The van der Waals surface area contributed by atoms with Crippen LogP contribution >= 0.6 is 0 Å². The third-order valence-electron chi connectivity index (χ3n) is 7.06. The number of likely N-dealkylation sites (tertiary alicyclic amines) is 1. The fourth-order valence-electron chi connectivity index (χ4n) is 5.12. The van der Waals surface area contributed by atoms with Crippen LogP contribution in [-0.4, -0.2) is 93.4 Å². The average molecular weight is 525 g/mol. The molecule has 1 amide bonds. The Kier molecular flexibility index (Phi) is 7.71. The van der Waals surface area contributed by atoms with E-state index in [0.717, 1.165) is 19.6 Å². The molecule has 0 spiro atoms. The topological polar surface area (TPSA) is 107 Å². The van der Waals surface area contributed by atoms with E-state index >= 15 is 0 Å². The first-order valence-corrected chi connectivity index (χ1v) is 12.7. The van der Waals surface area contributed by atoms with Gasteiger partial charge in [-0.3, -0.25) is 14.5 Å². The minimum absolute atomic E-state index is 0.00963. The molecular formula is C28H32N2O8. The Labute approximate surface area is 221 Å². The summed E-state index contributed by atoms with van der Waals surface area (Å²) in [5, 5.41) is 11.5. The van der Waals surface area contributed by atoms with Crippen molar-refractivity contribution in [3.8, 4) is 23.0 Å². The number of amides is 1. The molecule has 0 bridgehead atoms. The molecule has 10 heteroatoms. The van der Waals surface area contributed by atoms with Crippen LogP contribution in [0.2, 0.25) is 0 Å². The highest BCUT2D eigenvalue weighted by molar-refractivity contribution is 6.46. The first-order valence-electron chi connectivity index (χ1n) is 12.7. The Balaban J connectivity index is 1.55. The molecule has 3 aliphatic rings. The third kappa shape index (κ3) is 5.01. The second-order valence-corrected chi connectivity index (χ2v) is 9.27. The number of methoxy groups -OCH3 is 2. The number of benzene rings is 2. The number of rotatable bonds is 8. The van der Waals surface area contributed by atoms with Crippen LogP contribution in [0.4, 0.5) is 0 Å². The van der Waals surface area contributed by atoms with Gasteiger partial charge in [-0.25, -0.2) is 0 Å². The van der Waals surface area contributed by atoms with Gasteiger partial charge in [-0.2, -0.15) is 0 Å². The molecule has 0 aromatic heterocycles. The van der Waals surface area contributed by atoms with Crippen molar-refractivity contribution in [1.82, 2.24) is 9.80 Å². The fourth-order valence-corrected chi connectivity index (χ4v) is 5.12. The van der Waals surface area contributed by atoms with Gasteiger partial charge in [0.2, 0.25) is 0 Å². The molecule has 1 N–H and O–H groups in total. The van der Waals surface area contributed by atoms with E-state index in [2.05, 4.69) is 4.90 Å². The van der Waals surface area contributed by atoms with Crippen molar-refractivity contribution in [2.75, 3.05) is 66.8 Å². The van der Waals surface area contributed by atoms with Crippen molar-refractivity contribution in [2.24, 2.45) is 0 Å². The number of carbonyl (C=O) groups excluding carboxylic acids is 2. The lowest BCUT2D eigenvalue weighted by molar-refractivity contribution is -0.140. The SMILES string of the molecule is COc1ccc(OC)c(C2/C(=C(\O)c3ccc4c(c3)OCCO4)C(=O)C(=O)N2CCCN2CCOCC2)c1. The van der Waals surface area contributed by atoms with Gasteiger partial charge in [-0.1, -0.05) is 0 Å². The molecule has 1 unspecified atom stereocenters. The van der Waals surface area contributed by atoms with Gasteiger partial charge in [0.1, 0.15) is 30.5 Å². The quantitative estimate of drug-likeness (QED) is 0.317. The second-order valence-electron chi connectivity index (χ2n) is 9.27. The van der Waals surface area contributed by atoms with Crippen LogP contribution < -0.4 is 18.9 Å². The van der Waals surface area contributed by atoms with E-state index in [0.29, 0.717) is 73.5 Å². The van der Waals surface area contributed by atoms with Crippen molar-refractivity contribution in [3.05, 3.63) is 53.1 Å². The van der Waals surface area contributed by atoms with Gasteiger partial charge < -0.3 is 33.7 Å². The van der Waals surface area contributed by atoms with Crippen LogP contribution in [-0.2, 0) is 14.3 Å². The zero-order valence-corrected chi connectivity index (χ0v) is 21.6. The molecule has 2 aromatic carbocycles. The van der Waals surface area contributed by atoms with Crippen molar-refractivity contribution in [1.29, 1.82) is 0 Å². The lowest BCUT2D eigenvalue weighted by Gasteiger charge is -2.29. The van der Waals surface area contributed by atoms with Gasteiger partial charge >= 0.3 is 0 Å². The molecule has 0 saturated carbocycles. The number of carbonyl (C=O) groups is 2. The van der Waals surface area contributed by atoms with Crippen LogP contribution in [0, 0.1) is 0 Å². The Bertz CT molecular complexity index is 1240. The van der Waals surface area contributed by atoms with Crippen LogP contribution in [0.25, 0.3) is 5.76 Å². The molecule has 1 atom stereocenters. The Hall–Kier alpha value is -3.76. The normalized spacial score (nSPS) is 21.0. The van der Waals surface area contributed by atoms with Crippen LogP contribution in [0.5, 0.6) is 23.0 Å². The molecular weight excluding hydrogens is 492 g/mol. The number of fused-ring (bicyclic) bond motifs is 1. The summed E-state index contributed by atoms with van der Waals surface area (Å²) in [6.45, 7) is 4.92. The lowest BCUT2D eigenvalue weighted by atomic mass is 9.94. The number of hydrogen-bond acceptors (Lipinski definition) is 9. The van der Waals surface area contributed by atoms with Crippen LogP contribution in [0.1, 0.15) is 23.6 Å². The van der Waals surface area contributed by atoms with E-state index in [4.69, 9.17) is 23.7 Å². The highest BCUT2D eigenvalue weighted by Gasteiger charge is 2.47. The summed E-state index contributed by atoms with van der Waals surface area (Å²) in [7, 11) is 3.07. The molecule has 38 heavy (non-hydrogen) atoms. The van der Waals surface area contributed by atoms with Gasteiger partial charge in [-0.05, 0) is 42.8 Å². The number of aliphatic hydroxyl groups excluding tert-OH is 1. The number of morpholine rings is 1. The van der Waals surface area contributed by atoms with Gasteiger partial charge in [0, 0.05) is 37.3 Å². The summed E-state index contributed by atoms with van der Waals surface area (Å²) < 4.78 is 27.7. The first kappa shape index (κ1) is 25.9. The van der Waals surface area contributed by atoms with E-state index in [1.807, 2.05) is 0 Å². The molecule has 0 radical (unpaired) electrons. The van der Waals surface area contributed by atoms with Gasteiger partial charge in [0.25, 0.3) is 11.7 Å². The maximum atomic E-state index is 13.5.